The van der Waals surface area contributed by atoms with Crippen LogP contribution >= 0.6 is 0 Å². The summed E-state index contributed by atoms with van der Waals surface area (Å²) in [5.74, 6) is -8.12. The first-order valence-corrected chi connectivity index (χ1v) is 13.3. The molecule has 0 radical (unpaired) electrons. The number of benzene rings is 5. The Morgan fingerprint density at radius 3 is 1.64 bits per heavy atom. The summed E-state index contributed by atoms with van der Waals surface area (Å²) >= 11 is 0. The molecule has 44 heavy (non-hydrogen) atoms. The van der Waals surface area contributed by atoms with E-state index in [1.54, 1.807) is 30.3 Å². The van der Waals surface area contributed by atoms with E-state index in [1.807, 2.05) is 0 Å². The Balaban J connectivity index is 1.36. The van der Waals surface area contributed by atoms with Crippen LogP contribution < -0.4 is 4.74 Å². The molecule has 1 nitrogen and oxygen atoms in total. The fraction of sp³-hybridized carbons (Fsp3) is 0.0857. The molecule has 0 saturated heterocycles. The maximum Gasteiger partial charge on any atom is 0.432 e. The minimum atomic E-state index is -4.52. The number of hydrogen-bond acceptors (Lipinski definition) is 1. The lowest BCUT2D eigenvalue weighted by Gasteiger charge is -2.20. The number of allylic oxidation sites excluding steroid dienone is 1. The molecular formula is C35H22F8O. The molecule has 0 atom stereocenters. The standard InChI is InChI=1S/C35H22F8O/c1-2-3-4-20-5-7-21(8-6-20)24-17-32(40)34(33(41)18-24)35(42,43)44-25-11-13-27(30(38)19-25)22-9-12-26(29(37)15-22)23-10-14-28(36)31(39)16-23/h2,5-19H,1,3-4H2. The molecule has 0 aromatic heterocycles. The van der Waals surface area contributed by atoms with Crippen LogP contribution in [0.15, 0.2) is 104 Å². The molecule has 5 aromatic rings. The highest BCUT2D eigenvalue weighted by molar-refractivity contribution is 5.72. The minimum absolute atomic E-state index is 0.00561. The fourth-order valence-electron chi connectivity index (χ4n) is 4.72. The van der Waals surface area contributed by atoms with E-state index in [0.29, 0.717) is 11.6 Å². The van der Waals surface area contributed by atoms with Gasteiger partial charge in [-0.3, -0.25) is 0 Å². The molecule has 0 N–H and O–H groups in total. The van der Waals surface area contributed by atoms with Gasteiger partial charge in [0.1, 0.15) is 34.6 Å². The molecule has 0 saturated carbocycles. The predicted molar refractivity (Wildman–Crippen MR) is 152 cm³/mol. The predicted octanol–water partition coefficient (Wildman–Crippen LogP) is 10.8. The molecular weight excluding hydrogens is 588 g/mol. The van der Waals surface area contributed by atoms with Crippen molar-refractivity contribution in [3.63, 3.8) is 0 Å². The van der Waals surface area contributed by atoms with Gasteiger partial charge in [-0.2, -0.15) is 8.78 Å². The average molecular weight is 611 g/mol. The van der Waals surface area contributed by atoms with Gasteiger partial charge >= 0.3 is 6.11 Å². The van der Waals surface area contributed by atoms with Gasteiger partial charge in [0.2, 0.25) is 0 Å². The number of ether oxygens (including phenoxy) is 1. The Morgan fingerprint density at radius 2 is 1.07 bits per heavy atom. The van der Waals surface area contributed by atoms with Crippen LogP contribution in [0.3, 0.4) is 0 Å². The first-order chi connectivity index (χ1) is 21.0. The Morgan fingerprint density at radius 1 is 0.545 bits per heavy atom. The van der Waals surface area contributed by atoms with E-state index in [1.165, 1.54) is 18.2 Å². The number of hydrogen-bond donors (Lipinski definition) is 0. The van der Waals surface area contributed by atoms with Gasteiger partial charge in [0.25, 0.3) is 0 Å². The zero-order chi connectivity index (χ0) is 31.6. The van der Waals surface area contributed by atoms with Crippen molar-refractivity contribution in [2.45, 2.75) is 19.0 Å². The van der Waals surface area contributed by atoms with Gasteiger partial charge in [-0.1, -0.05) is 48.5 Å². The summed E-state index contributed by atoms with van der Waals surface area (Å²) in [6, 6.07) is 17.1. The second-order valence-corrected chi connectivity index (χ2v) is 9.92. The summed E-state index contributed by atoms with van der Waals surface area (Å²) in [5, 5.41) is 0. The minimum Gasteiger partial charge on any atom is -0.429 e. The summed E-state index contributed by atoms with van der Waals surface area (Å²) in [5.41, 5.74) is -0.468. The zero-order valence-corrected chi connectivity index (χ0v) is 22.8. The summed E-state index contributed by atoms with van der Waals surface area (Å²) in [6.45, 7) is 3.65. The zero-order valence-electron chi connectivity index (χ0n) is 22.8. The molecule has 0 aliphatic carbocycles. The molecule has 0 amide bonds. The van der Waals surface area contributed by atoms with Crippen molar-refractivity contribution < 1.29 is 39.9 Å². The summed E-state index contributed by atoms with van der Waals surface area (Å²) in [4.78, 5) is 0. The fourth-order valence-corrected chi connectivity index (χ4v) is 4.72. The molecule has 0 spiro atoms. The normalized spacial score (nSPS) is 11.5. The van der Waals surface area contributed by atoms with Crippen molar-refractivity contribution in [2.75, 3.05) is 0 Å². The topological polar surface area (TPSA) is 9.23 Å². The summed E-state index contributed by atoms with van der Waals surface area (Å²) < 4.78 is 121. The average Bonchev–Trinajstić information content (AvgIpc) is 2.97. The number of rotatable bonds is 9. The molecule has 0 aliphatic heterocycles. The third-order valence-electron chi connectivity index (χ3n) is 6.95. The number of aryl methyl sites for hydroxylation is 1. The lowest BCUT2D eigenvalue weighted by molar-refractivity contribution is -0.189. The van der Waals surface area contributed by atoms with E-state index in [9.17, 15) is 26.3 Å². The molecule has 224 valence electrons. The van der Waals surface area contributed by atoms with Crippen molar-refractivity contribution in [1.82, 2.24) is 0 Å². The van der Waals surface area contributed by atoms with Crippen LogP contribution in [0, 0.1) is 34.9 Å². The smallest absolute Gasteiger partial charge is 0.429 e. The van der Waals surface area contributed by atoms with Crippen molar-refractivity contribution >= 4 is 0 Å². The molecule has 5 aromatic carbocycles. The van der Waals surface area contributed by atoms with E-state index in [-0.39, 0.29) is 27.8 Å². The Labute approximate surface area is 247 Å². The van der Waals surface area contributed by atoms with Gasteiger partial charge in [0, 0.05) is 17.2 Å². The van der Waals surface area contributed by atoms with Crippen molar-refractivity contribution in [3.05, 3.63) is 150 Å². The van der Waals surface area contributed by atoms with Crippen molar-refractivity contribution in [2.24, 2.45) is 0 Å². The Kier molecular flexibility index (Phi) is 8.58. The molecule has 0 unspecified atom stereocenters. The van der Waals surface area contributed by atoms with Crippen LogP contribution in [0.2, 0.25) is 0 Å². The number of halogens is 8. The highest BCUT2D eigenvalue weighted by Gasteiger charge is 2.41. The molecule has 0 aliphatic rings. The lowest BCUT2D eigenvalue weighted by Crippen LogP contribution is -2.25. The van der Waals surface area contributed by atoms with Crippen LogP contribution in [-0.2, 0) is 12.5 Å². The van der Waals surface area contributed by atoms with Gasteiger partial charge in [0.15, 0.2) is 11.6 Å². The molecule has 5 rings (SSSR count). The molecule has 0 bridgehead atoms. The van der Waals surface area contributed by atoms with Gasteiger partial charge in [-0.15, -0.1) is 6.58 Å². The quantitative estimate of drug-likeness (QED) is 0.119. The maximum absolute atomic E-state index is 15.0. The molecule has 0 heterocycles. The largest absolute Gasteiger partial charge is 0.432 e. The number of alkyl halides is 2. The van der Waals surface area contributed by atoms with Crippen molar-refractivity contribution in [1.29, 1.82) is 0 Å². The molecule has 9 heteroatoms. The van der Waals surface area contributed by atoms with E-state index in [4.69, 9.17) is 0 Å². The van der Waals surface area contributed by atoms with Gasteiger partial charge in [0.05, 0.1) is 0 Å². The van der Waals surface area contributed by atoms with E-state index < -0.39 is 52.3 Å². The van der Waals surface area contributed by atoms with Crippen LogP contribution in [0.4, 0.5) is 35.1 Å². The van der Waals surface area contributed by atoms with Crippen molar-refractivity contribution in [3.8, 4) is 39.1 Å². The molecule has 0 fully saturated rings. The maximum atomic E-state index is 15.0. The first-order valence-electron chi connectivity index (χ1n) is 13.3. The van der Waals surface area contributed by atoms with E-state index >= 15 is 8.78 Å². The monoisotopic (exact) mass is 610 g/mol. The van der Waals surface area contributed by atoms with Crippen LogP contribution in [0.5, 0.6) is 5.75 Å². The van der Waals surface area contributed by atoms with Gasteiger partial charge in [-0.05, 0) is 83.1 Å². The third kappa shape index (κ3) is 6.37. The summed E-state index contributed by atoms with van der Waals surface area (Å²) in [7, 11) is 0. The van der Waals surface area contributed by atoms with Crippen LogP contribution in [-0.4, -0.2) is 0 Å². The highest BCUT2D eigenvalue weighted by Crippen LogP contribution is 2.38. The SMILES string of the molecule is C=CCCc1ccc(-c2cc(F)c(C(F)(F)Oc3ccc(-c4ccc(-c5ccc(F)c(F)c5)c(F)c4)c(F)c3)c(F)c2)cc1. The van der Waals surface area contributed by atoms with Gasteiger partial charge in [-0.25, -0.2) is 26.3 Å². The lowest BCUT2D eigenvalue weighted by atomic mass is 9.99. The Bertz CT molecular complexity index is 1820. The summed E-state index contributed by atoms with van der Waals surface area (Å²) in [6.07, 6.45) is -1.30. The Hall–Kier alpha value is -4.92. The third-order valence-corrected chi connectivity index (χ3v) is 6.95. The second-order valence-electron chi connectivity index (χ2n) is 9.92. The van der Waals surface area contributed by atoms with E-state index in [0.717, 1.165) is 60.9 Å². The van der Waals surface area contributed by atoms with Crippen LogP contribution in [0.1, 0.15) is 17.5 Å². The first kappa shape index (κ1) is 30.5. The van der Waals surface area contributed by atoms with E-state index in [2.05, 4.69) is 11.3 Å². The van der Waals surface area contributed by atoms with Gasteiger partial charge < -0.3 is 4.74 Å². The second kappa shape index (κ2) is 12.4. The van der Waals surface area contributed by atoms with Crippen LogP contribution in [0.25, 0.3) is 33.4 Å². The highest BCUT2D eigenvalue weighted by atomic mass is 19.3.